The molecular formula is C16H23N3O2. The van der Waals surface area contributed by atoms with Crippen LogP contribution in [0.5, 0.6) is 0 Å². The summed E-state index contributed by atoms with van der Waals surface area (Å²) in [6.07, 6.45) is 1.90. The minimum atomic E-state index is -0.00338. The van der Waals surface area contributed by atoms with Gasteiger partial charge in [-0.05, 0) is 24.6 Å². The third kappa shape index (κ3) is 3.52. The van der Waals surface area contributed by atoms with Gasteiger partial charge in [-0.3, -0.25) is 9.69 Å². The van der Waals surface area contributed by atoms with E-state index < -0.39 is 0 Å². The van der Waals surface area contributed by atoms with E-state index in [4.69, 9.17) is 10.00 Å². The number of hydrogen-bond acceptors (Lipinski definition) is 4. The van der Waals surface area contributed by atoms with Gasteiger partial charge >= 0.3 is 0 Å². The summed E-state index contributed by atoms with van der Waals surface area (Å²) in [5.41, 5.74) is 2.95. The van der Waals surface area contributed by atoms with Gasteiger partial charge in [-0.15, -0.1) is 0 Å². The number of fused-ring (bicyclic) bond motifs is 1. The smallest absolute Gasteiger partial charge is 0.255 e. The second kappa shape index (κ2) is 7.39. The van der Waals surface area contributed by atoms with Gasteiger partial charge in [0.05, 0.1) is 12.5 Å². The minimum absolute atomic E-state index is 0.00338. The Balaban J connectivity index is 2.39. The molecule has 0 aromatic carbocycles. The van der Waals surface area contributed by atoms with Crippen LogP contribution in [0.2, 0.25) is 0 Å². The number of aromatic nitrogens is 1. The Morgan fingerprint density at radius 1 is 1.48 bits per heavy atom. The molecule has 2 heterocycles. The van der Waals surface area contributed by atoms with Gasteiger partial charge in [0.1, 0.15) is 0 Å². The maximum atomic E-state index is 12.5. The van der Waals surface area contributed by atoms with E-state index in [0.717, 1.165) is 38.2 Å². The number of rotatable bonds is 6. The molecule has 0 aliphatic carbocycles. The van der Waals surface area contributed by atoms with Crippen LogP contribution in [-0.2, 0) is 30.7 Å². The fourth-order valence-corrected chi connectivity index (χ4v) is 2.93. The zero-order valence-corrected chi connectivity index (χ0v) is 12.9. The van der Waals surface area contributed by atoms with E-state index in [9.17, 15) is 4.79 Å². The van der Waals surface area contributed by atoms with Crippen LogP contribution in [0.4, 0.5) is 0 Å². The molecule has 0 bridgehead atoms. The molecule has 5 nitrogen and oxygen atoms in total. The first-order chi connectivity index (χ1) is 10.2. The summed E-state index contributed by atoms with van der Waals surface area (Å²) >= 11 is 0. The van der Waals surface area contributed by atoms with E-state index in [0.29, 0.717) is 18.7 Å². The maximum absolute atomic E-state index is 12.5. The molecule has 0 atom stereocenters. The highest BCUT2D eigenvalue weighted by Gasteiger charge is 2.20. The van der Waals surface area contributed by atoms with Crippen molar-refractivity contribution in [3.8, 4) is 6.07 Å². The van der Waals surface area contributed by atoms with Gasteiger partial charge in [0.15, 0.2) is 0 Å². The van der Waals surface area contributed by atoms with Crippen LogP contribution < -0.4 is 5.56 Å². The Labute approximate surface area is 125 Å². The fourth-order valence-electron chi connectivity index (χ4n) is 2.93. The zero-order chi connectivity index (χ0) is 15.2. The molecule has 0 saturated carbocycles. The van der Waals surface area contributed by atoms with Crippen molar-refractivity contribution in [2.24, 2.45) is 0 Å². The zero-order valence-electron chi connectivity index (χ0n) is 12.9. The summed E-state index contributed by atoms with van der Waals surface area (Å²) in [5.74, 6) is 0. The van der Waals surface area contributed by atoms with E-state index in [-0.39, 0.29) is 12.0 Å². The fraction of sp³-hybridized carbons (Fsp3) is 0.625. The van der Waals surface area contributed by atoms with Crippen LogP contribution in [0.25, 0.3) is 0 Å². The molecule has 1 aromatic heterocycles. The summed E-state index contributed by atoms with van der Waals surface area (Å²) < 4.78 is 6.95. The van der Waals surface area contributed by atoms with E-state index in [1.54, 1.807) is 7.11 Å². The Bertz CT molecular complexity index is 586. The minimum Gasteiger partial charge on any atom is -0.385 e. The third-order valence-corrected chi connectivity index (χ3v) is 4.07. The highest BCUT2D eigenvalue weighted by molar-refractivity contribution is 5.30. The second-order valence-electron chi connectivity index (χ2n) is 5.40. The highest BCUT2D eigenvalue weighted by atomic mass is 16.5. The molecular weight excluding hydrogens is 266 g/mol. The molecule has 0 amide bonds. The van der Waals surface area contributed by atoms with Crippen molar-refractivity contribution < 1.29 is 4.74 Å². The summed E-state index contributed by atoms with van der Waals surface area (Å²) in [6, 6.07) is 4.04. The number of ether oxygens (including phenoxy) is 1. The SMILES string of the molecule is CCN1CCc2c(cc(CC#N)c(=O)n2CCCOC)C1. The van der Waals surface area contributed by atoms with Crippen molar-refractivity contribution in [2.45, 2.75) is 39.3 Å². The number of methoxy groups -OCH3 is 1. The van der Waals surface area contributed by atoms with Gasteiger partial charge in [-0.25, -0.2) is 0 Å². The van der Waals surface area contributed by atoms with Gasteiger partial charge in [0.25, 0.3) is 5.56 Å². The summed E-state index contributed by atoms with van der Waals surface area (Å²) in [7, 11) is 1.67. The molecule has 5 heteroatoms. The quantitative estimate of drug-likeness (QED) is 0.741. The normalized spacial score (nSPS) is 14.7. The largest absolute Gasteiger partial charge is 0.385 e. The Kier molecular flexibility index (Phi) is 5.54. The summed E-state index contributed by atoms with van der Waals surface area (Å²) in [6.45, 7) is 6.33. The van der Waals surface area contributed by atoms with Crippen LogP contribution >= 0.6 is 0 Å². The lowest BCUT2D eigenvalue weighted by Gasteiger charge is -2.30. The standard InChI is InChI=1S/C16H23N3O2/c1-3-18-9-6-15-14(12-18)11-13(5-7-17)16(20)19(15)8-4-10-21-2/h11H,3-6,8-10,12H2,1-2H3. The number of hydrogen-bond donors (Lipinski definition) is 0. The third-order valence-electron chi connectivity index (χ3n) is 4.07. The van der Waals surface area contributed by atoms with Crippen LogP contribution in [0.3, 0.4) is 0 Å². The van der Waals surface area contributed by atoms with Crippen LogP contribution in [-0.4, -0.2) is 36.3 Å². The lowest BCUT2D eigenvalue weighted by atomic mass is 10.0. The van der Waals surface area contributed by atoms with Crippen molar-refractivity contribution in [3.05, 3.63) is 33.2 Å². The molecule has 0 saturated heterocycles. The molecule has 0 spiro atoms. The van der Waals surface area contributed by atoms with E-state index >= 15 is 0 Å². The number of nitrogens with zero attached hydrogens (tertiary/aromatic N) is 3. The Hall–Kier alpha value is -1.64. The first-order valence-electron chi connectivity index (χ1n) is 7.54. The molecule has 0 N–H and O–H groups in total. The van der Waals surface area contributed by atoms with Gasteiger partial charge in [-0.2, -0.15) is 5.26 Å². The maximum Gasteiger partial charge on any atom is 0.255 e. The molecule has 114 valence electrons. The van der Waals surface area contributed by atoms with E-state index in [1.165, 1.54) is 5.56 Å². The van der Waals surface area contributed by atoms with Crippen molar-refractivity contribution in [1.29, 1.82) is 5.26 Å². The van der Waals surface area contributed by atoms with Crippen molar-refractivity contribution >= 4 is 0 Å². The average molecular weight is 289 g/mol. The van der Waals surface area contributed by atoms with Crippen molar-refractivity contribution in [3.63, 3.8) is 0 Å². The molecule has 2 rings (SSSR count). The van der Waals surface area contributed by atoms with Crippen LogP contribution in [0.15, 0.2) is 10.9 Å². The molecule has 21 heavy (non-hydrogen) atoms. The van der Waals surface area contributed by atoms with Crippen molar-refractivity contribution in [1.82, 2.24) is 9.47 Å². The van der Waals surface area contributed by atoms with Gasteiger partial charge in [-0.1, -0.05) is 6.92 Å². The van der Waals surface area contributed by atoms with Gasteiger partial charge < -0.3 is 9.30 Å². The van der Waals surface area contributed by atoms with Crippen molar-refractivity contribution in [2.75, 3.05) is 26.8 Å². The van der Waals surface area contributed by atoms with Gasteiger partial charge in [0.2, 0.25) is 0 Å². The predicted molar refractivity (Wildman–Crippen MR) is 81.2 cm³/mol. The molecule has 1 aromatic rings. The average Bonchev–Trinajstić information content (AvgIpc) is 2.50. The first-order valence-corrected chi connectivity index (χ1v) is 7.54. The first kappa shape index (κ1) is 15.7. The predicted octanol–water partition coefficient (Wildman–Crippen LogP) is 1.33. The summed E-state index contributed by atoms with van der Waals surface area (Å²) in [5, 5.41) is 8.92. The van der Waals surface area contributed by atoms with Crippen LogP contribution in [0, 0.1) is 11.3 Å². The Morgan fingerprint density at radius 3 is 2.95 bits per heavy atom. The lowest BCUT2D eigenvalue weighted by Crippen LogP contribution is -2.37. The summed E-state index contributed by atoms with van der Waals surface area (Å²) in [4.78, 5) is 14.9. The van der Waals surface area contributed by atoms with Crippen LogP contribution in [0.1, 0.15) is 30.2 Å². The highest BCUT2D eigenvalue weighted by Crippen LogP contribution is 2.19. The van der Waals surface area contributed by atoms with E-state index in [1.807, 2.05) is 10.6 Å². The Morgan fingerprint density at radius 2 is 2.29 bits per heavy atom. The van der Waals surface area contributed by atoms with Gasteiger partial charge in [0, 0.05) is 51.0 Å². The number of likely N-dealkylation sites (N-methyl/N-ethyl adjacent to an activating group) is 1. The number of pyridine rings is 1. The molecule has 1 aliphatic heterocycles. The molecule has 0 radical (unpaired) electrons. The monoisotopic (exact) mass is 289 g/mol. The lowest BCUT2D eigenvalue weighted by molar-refractivity contribution is 0.189. The molecule has 1 aliphatic rings. The molecule has 0 unspecified atom stereocenters. The number of nitriles is 1. The molecule has 0 fully saturated rings. The second-order valence-corrected chi connectivity index (χ2v) is 5.40. The van der Waals surface area contributed by atoms with E-state index in [2.05, 4.69) is 17.9 Å². The topological polar surface area (TPSA) is 58.3 Å².